The number of sulfone groups is 1. The SMILES string of the molecule is CCC(C)(OCCC(C)(C)OS(=O)(=O)c1ccc(C)cc1)S(=O)(=O)c1ccc(C)cc1. The van der Waals surface area contributed by atoms with Crippen LogP contribution in [0.5, 0.6) is 0 Å². The van der Waals surface area contributed by atoms with Crippen LogP contribution >= 0.6 is 0 Å². The number of aryl methyl sites for hydroxylation is 2. The Bertz CT molecular complexity index is 1090. The van der Waals surface area contributed by atoms with Gasteiger partial charge in [0.05, 0.1) is 22.0 Å². The van der Waals surface area contributed by atoms with E-state index in [9.17, 15) is 16.8 Å². The van der Waals surface area contributed by atoms with Gasteiger partial charge in [-0.25, -0.2) is 8.42 Å². The lowest BCUT2D eigenvalue weighted by molar-refractivity contribution is -0.00475. The third-order valence-corrected chi connectivity index (χ3v) is 9.25. The highest BCUT2D eigenvalue weighted by atomic mass is 32.2. The van der Waals surface area contributed by atoms with Crippen molar-refractivity contribution in [3.05, 3.63) is 59.7 Å². The summed E-state index contributed by atoms with van der Waals surface area (Å²) in [5.41, 5.74) is 0.832. The number of rotatable bonds is 10. The zero-order valence-corrected chi connectivity index (χ0v) is 20.6. The van der Waals surface area contributed by atoms with Gasteiger partial charge in [-0.3, -0.25) is 4.18 Å². The number of hydrogen-bond acceptors (Lipinski definition) is 6. The predicted molar refractivity (Wildman–Crippen MR) is 121 cm³/mol. The van der Waals surface area contributed by atoms with Gasteiger partial charge in [-0.1, -0.05) is 42.3 Å². The summed E-state index contributed by atoms with van der Waals surface area (Å²) in [5.74, 6) is 0. The van der Waals surface area contributed by atoms with E-state index < -0.39 is 30.5 Å². The Kier molecular flexibility index (Phi) is 7.74. The summed E-state index contributed by atoms with van der Waals surface area (Å²) in [6.45, 7) is 10.3. The molecule has 6 nitrogen and oxygen atoms in total. The van der Waals surface area contributed by atoms with Gasteiger partial charge in [-0.05, 0) is 65.3 Å². The molecular weight excluding hydrogens is 436 g/mol. The van der Waals surface area contributed by atoms with E-state index in [2.05, 4.69) is 0 Å². The van der Waals surface area contributed by atoms with Crippen LogP contribution in [0.1, 0.15) is 51.7 Å². The molecule has 0 bridgehead atoms. The van der Waals surface area contributed by atoms with Crippen LogP contribution in [-0.4, -0.2) is 34.0 Å². The van der Waals surface area contributed by atoms with Crippen molar-refractivity contribution in [1.29, 1.82) is 0 Å². The number of benzene rings is 2. The molecule has 0 spiro atoms. The average molecular weight is 469 g/mol. The molecule has 0 heterocycles. The topological polar surface area (TPSA) is 86.7 Å². The Labute approximate surface area is 186 Å². The Morgan fingerprint density at radius 1 is 0.774 bits per heavy atom. The van der Waals surface area contributed by atoms with Gasteiger partial charge < -0.3 is 4.74 Å². The normalized spacial score (nSPS) is 14.9. The predicted octanol–water partition coefficient (Wildman–Crippen LogP) is 4.79. The summed E-state index contributed by atoms with van der Waals surface area (Å²) in [6, 6.07) is 13.0. The standard InChI is InChI=1S/C23H32O6S2/c1-7-23(6,30(24,25)20-12-8-18(2)9-13-20)28-17-16-22(4,5)29-31(26,27)21-14-10-19(3)11-15-21/h8-15H,7,16-17H2,1-6H3. The molecule has 2 rings (SSSR count). The molecule has 0 amide bonds. The van der Waals surface area contributed by atoms with Crippen molar-refractivity contribution in [2.75, 3.05) is 6.61 Å². The quantitative estimate of drug-likeness (QED) is 0.466. The molecule has 31 heavy (non-hydrogen) atoms. The molecule has 0 aromatic heterocycles. The van der Waals surface area contributed by atoms with Crippen LogP contribution in [0.25, 0.3) is 0 Å². The summed E-state index contributed by atoms with van der Waals surface area (Å²) in [5, 5.41) is 0. The molecule has 1 atom stereocenters. The molecule has 1 unspecified atom stereocenters. The first-order chi connectivity index (χ1) is 14.2. The van der Waals surface area contributed by atoms with E-state index in [1.807, 2.05) is 13.8 Å². The first-order valence-corrected chi connectivity index (χ1v) is 13.1. The van der Waals surface area contributed by atoms with Crippen LogP contribution in [0.2, 0.25) is 0 Å². The first-order valence-electron chi connectivity index (χ1n) is 10.2. The minimum absolute atomic E-state index is 0.0197. The molecule has 8 heteroatoms. The lowest BCUT2D eigenvalue weighted by Gasteiger charge is -2.31. The van der Waals surface area contributed by atoms with Gasteiger partial charge in [0.1, 0.15) is 0 Å². The number of hydrogen-bond donors (Lipinski definition) is 0. The van der Waals surface area contributed by atoms with E-state index in [0.717, 1.165) is 11.1 Å². The van der Waals surface area contributed by atoms with Crippen LogP contribution in [-0.2, 0) is 28.9 Å². The van der Waals surface area contributed by atoms with E-state index in [1.54, 1.807) is 64.1 Å². The molecule has 172 valence electrons. The third-order valence-electron chi connectivity index (χ3n) is 5.30. The fraction of sp³-hybridized carbons (Fsp3) is 0.478. The molecule has 0 aliphatic heterocycles. The van der Waals surface area contributed by atoms with Crippen LogP contribution in [0.4, 0.5) is 0 Å². The fourth-order valence-corrected chi connectivity index (χ4v) is 5.80. The van der Waals surface area contributed by atoms with E-state index >= 15 is 0 Å². The van der Waals surface area contributed by atoms with Crippen molar-refractivity contribution in [2.45, 2.75) is 74.7 Å². The highest BCUT2D eigenvalue weighted by molar-refractivity contribution is 7.92. The van der Waals surface area contributed by atoms with Crippen LogP contribution in [0, 0.1) is 13.8 Å². The molecule has 0 saturated carbocycles. The molecule has 0 aliphatic carbocycles. The second kappa shape index (κ2) is 9.40. The summed E-state index contributed by atoms with van der Waals surface area (Å²) < 4.78 is 62.7. The van der Waals surface area contributed by atoms with Gasteiger partial charge >= 0.3 is 0 Å². The molecule has 2 aromatic rings. The summed E-state index contributed by atoms with van der Waals surface area (Å²) in [4.78, 5) is -1.17. The zero-order chi connectivity index (χ0) is 23.5. The van der Waals surface area contributed by atoms with Crippen LogP contribution < -0.4 is 0 Å². The first kappa shape index (κ1) is 25.5. The van der Waals surface area contributed by atoms with E-state index in [1.165, 1.54) is 12.1 Å². The maximum atomic E-state index is 13.1. The summed E-state index contributed by atoms with van der Waals surface area (Å²) >= 11 is 0. The van der Waals surface area contributed by atoms with E-state index in [0.29, 0.717) is 0 Å². The maximum absolute atomic E-state index is 13.1. The molecule has 0 radical (unpaired) electrons. The summed E-state index contributed by atoms with van der Waals surface area (Å²) in [7, 11) is -7.70. The highest BCUT2D eigenvalue weighted by Crippen LogP contribution is 2.31. The van der Waals surface area contributed by atoms with Crippen molar-refractivity contribution in [1.82, 2.24) is 0 Å². The molecule has 0 aliphatic rings. The Morgan fingerprint density at radius 2 is 1.23 bits per heavy atom. The highest BCUT2D eigenvalue weighted by Gasteiger charge is 2.40. The van der Waals surface area contributed by atoms with Gasteiger partial charge in [0, 0.05) is 6.42 Å². The lowest BCUT2D eigenvalue weighted by Crippen LogP contribution is -2.39. The van der Waals surface area contributed by atoms with Gasteiger partial charge in [-0.15, -0.1) is 0 Å². The van der Waals surface area contributed by atoms with Crippen molar-refractivity contribution in [3.8, 4) is 0 Å². The Morgan fingerprint density at radius 3 is 1.68 bits per heavy atom. The second-order valence-electron chi connectivity index (χ2n) is 8.51. The Balaban J connectivity index is 2.09. The largest absolute Gasteiger partial charge is 0.359 e. The molecule has 0 saturated heterocycles. The van der Waals surface area contributed by atoms with Crippen molar-refractivity contribution >= 4 is 20.0 Å². The molecule has 0 fully saturated rings. The zero-order valence-electron chi connectivity index (χ0n) is 19.0. The molecular formula is C23H32O6S2. The average Bonchev–Trinajstić information content (AvgIpc) is 2.67. The monoisotopic (exact) mass is 468 g/mol. The third kappa shape index (κ3) is 6.16. The maximum Gasteiger partial charge on any atom is 0.297 e. The summed E-state index contributed by atoms with van der Waals surface area (Å²) in [6.07, 6.45) is 0.434. The van der Waals surface area contributed by atoms with Gasteiger partial charge in [-0.2, -0.15) is 8.42 Å². The van der Waals surface area contributed by atoms with Crippen LogP contribution in [0.3, 0.4) is 0 Å². The minimum atomic E-state index is -3.96. The molecule has 0 N–H and O–H groups in total. The lowest BCUT2D eigenvalue weighted by atomic mass is 10.1. The van der Waals surface area contributed by atoms with Gasteiger partial charge in [0.25, 0.3) is 10.1 Å². The van der Waals surface area contributed by atoms with E-state index in [-0.39, 0.29) is 29.2 Å². The smallest absolute Gasteiger partial charge is 0.297 e. The van der Waals surface area contributed by atoms with Gasteiger partial charge in [0.15, 0.2) is 4.93 Å². The second-order valence-corrected chi connectivity index (χ2v) is 12.4. The number of ether oxygens (including phenoxy) is 1. The Hall–Kier alpha value is -1.74. The minimum Gasteiger partial charge on any atom is -0.359 e. The van der Waals surface area contributed by atoms with E-state index in [4.69, 9.17) is 8.92 Å². The fourth-order valence-electron chi connectivity index (χ4n) is 2.94. The van der Waals surface area contributed by atoms with Crippen molar-refractivity contribution in [3.63, 3.8) is 0 Å². The van der Waals surface area contributed by atoms with Crippen molar-refractivity contribution < 1.29 is 25.8 Å². The van der Waals surface area contributed by atoms with Crippen LogP contribution in [0.15, 0.2) is 58.3 Å². The molecule has 2 aromatic carbocycles. The van der Waals surface area contributed by atoms with Crippen molar-refractivity contribution in [2.24, 2.45) is 0 Å². The van der Waals surface area contributed by atoms with Gasteiger partial charge in [0.2, 0.25) is 9.84 Å².